The lowest BCUT2D eigenvalue weighted by atomic mass is 9.78. The number of ether oxygens (including phenoxy) is 2. The van der Waals surface area contributed by atoms with Crippen LogP contribution in [0.25, 0.3) is 11.1 Å². The Bertz CT molecular complexity index is 2190. The number of amides is 1. The molecule has 1 amide bonds. The molecule has 61 heavy (non-hydrogen) atoms. The van der Waals surface area contributed by atoms with E-state index >= 15 is 0 Å². The van der Waals surface area contributed by atoms with Crippen molar-refractivity contribution in [2.24, 2.45) is 0 Å². The number of fused-ring (bicyclic) bond motifs is 3. The van der Waals surface area contributed by atoms with Gasteiger partial charge in [0.15, 0.2) is 5.60 Å². The Hall–Kier alpha value is -4.95. The first kappa shape index (κ1) is 42.7. The first-order chi connectivity index (χ1) is 29.8. The van der Waals surface area contributed by atoms with Gasteiger partial charge in [-0.2, -0.15) is 0 Å². The van der Waals surface area contributed by atoms with E-state index in [4.69, 9.17) is 21.1 Å². The molecule has 2 unspecified atom stereocenters. The number of carbonyl (C=O) groups excluding carboxylic acids is 2. The molecular formula is C53H59ClN2O5. The van der Waals surface area contributed by atoms with E-state index in [9.17, 15) is 14.7 Å². The van der Waals surface area contributed by atoms with E-state index in [2.05, 4.69) is 48.5 Å². The number of aliphatic hydroxyl groups is 1. The molecule has 2 fully saturated rings. The smallest absolute Gasteiger partial charge is 0.409 e. The summed E-state index contributed by atoms with van der Waals surface area (Å²) >= 11 is 7.09. The number of hydrogen-bond donors (Lipinski definition) is 1. The van der Waals surface area contributed by atoms with Crippen LogP contribution in [0.15, 0.2) is 127 Å². The maximum absolute atomic E-state index is 14.9. The number of rotatable bonds is 12. The second-order valence-corrected chi connectivity index (χ2v) is 17.6. The molecule has 7 nitrogen and oxygen atoms in total. The molecule has 1 saturated heterocycles. The van der Waals surface area contributed by atoms with E-state index in [1.54, 1.807) is 7.05 Å². The highest BCUT2D eigenvalue weighted by Gasteiger charge is 2.44. The van der Waals surface area contributed by atoms with Crippen LogP contribution in [0.2, 0.25) is 5.02 Å². The molecule has 5 aromatic rings. The maximum Gasteiger partial charge on any atom is 0.409 e. The molecular weight excluding hydrogens is 780 g/mol. The van der Waals surface area contributed by atoms with Crippen molar-refractivity contribution in [2.75, 3.05) is 26.7 Å². The zero-order valence-corrected chi connectivity index (χ0v) is 36.1. The lowest BCUT2D eigenvalue weighted by molar-refractivity contribution is -0.158. The number of aliphatic hydroxyl groups excluding tert-OH is 1. The molecule has 0 radical (unpaired) electrons. The summed E-state index contributed by atoms with van der Waals surface area (Å²) in [7, 11) is 1.61. The Kier molecular flexibility index (Phi) is 13.9. The van der Waals surface area contributed by atoms with Crippen LogP contribution in [0.4, 0.5) is 4.79 Å². The van der Waals surface area contributed by atoms with Gasteiger partial charge in [0.1, 0.15) is 12.8 Å². The van der Waals surface area contributed by atoms with Gasteiger partial charge in [-0.3, -0.25) is 9.69 Å². The van der Waals surface area contributed by atoms with Crippen molar-refractivity contribution in [1.29, 1.82) is 0 Å². The van der Waals surface area contributed by atoms with Gasteiger partial charge in [-0.25, -0.2) is 4.79 Å². The molecule has 0 spiro atoms. The predicted octanol–water partition coefficient (Wildman–Crippen LogP) is 11.8. The zero-order valence-electron chi connectivity index (χ0n) is 35.4. The van der Waals surface area contributed by atoms with Crippen molar-refractivity contribution in [1.82, 2.24) is 9.80 Å². The number of benzene rings is 5. The lowest BCUT2D eigenvalue weighted by Gasteiger charge is -2.40. The number of likely N-dealkylation sites (tertiary alicyclic amines) is 1. The van der Waals surface area contributed by atoms with Gasteiger partial charge in [-0.15, -0.1) is 0 Å². The average molecular weight is 840 g/mol. The number of halogens is 1. The van der Waals surface area contributed by atoms with Crippen LogP contribution in [0, 0.1) is 0 Å². The third kappa shape index (κ3) is 9.30. The number of piperidine rings is 1. The maximum atomic E-state index is 14.9. The quantitative estimate of drug-likeness (QED) is 0.0996. The molecule has 8 rings (SSSR count). The summed E-state index contributed by atoms with van der Waals surface area (Å²) in [4.78, 5) is 32.4. The summed E-state index contributed by atoms with van der Waals surface area (Å²) in [5.41, 5.74) is 6.50. The molecule has 3 atom stereocenters. The highest BCUT2D eigenvalue weighted by Crippen LogP contribution is 2.46. The van der Waals surface area contributed by atoms with Crippen LogP contribution in [0.5, 0.6) is 0 Å². The second kappa shape index (κ2) is 19.8. The second-order valence-electron chi connectivity index (χ2n) is 17.2. The minimum Gasteiger partial charge on any atom is -0.448 e. The standard InChI is InChI=1S/C53H59ClN2O5/c1-55(52(59)60-37-46-44-26-14-12-24-42(44)43-25-13-15-27-45(43)46)49(51(58)56-34-18-7-19-35-56)36-50(57)61-53(40-22-10-6-11-23-40,47-28-16-17-29-48(47)54)41-32-30-39(31-33-41)38-20-8-4-2-3-5-9-21-38/h6,10-17,22-33,38,46,49,51,58H,2-5,7-9,18-21,34-37H2,1H3/t49-,51?,53?/m0/s1. The summed E-state index contributed by atoms with van der Waals surface area (Å²) in [5.74, 6) is -0.236. The molecule has 1 aliphatic heterocycles. The number of esters is 1. The van der Waals surface area contributed by atoms with Crippen molar-refractivity contribution in [3.05, 3.63) is 166 Å². The molecule has 2 aliphatic carbocycles. The molecule has 318 valence electrons. The van der Waals surface area contributed by atoms with Gasteiger partial charge in [-0.05, 0) is 65.5 Å². The SMILES string of the molecule is CN(C(=O)OCC1c2ccccc2-c2ccccc21)[C@@H](CC(=O)OC(c1ccccc1)(c1ccc(C2CCCCCCCC2)cc1)c1ccccc1Cl)C(O)N1CCCCC1. The van der Waals surface area contributed by atoms with E-state index in [0.29, 0.717) is 29.6 Å². The topological polar surface area (TPSA) is 79.3 Å². The molecule has 1 N–H and O–H groups in total. The fraction of sp³-hybridized carbons (Fsp3) is 0.396. The van der Waals surface area contributed by atoms with Crippen molar-refractivity contribution in [3.63, 3.8) is 0 Å². The first-order valence-electron chi connectivity index (χ1n) is 22.5. The van der Waals surface area contributed by atoms with E-state index in [-0.39, 0.29) is 18.9 Å². The Morgan fingerprint density at radius 1 is 0.705 bits per heavy atom. The summed E-state index contributed by atoms with van der Waals surface area (Å²) in [6, 6.07) is 41.3. The van der Waals surface area contributed by atoms with Gasteiger partial charge < -0.3 is 19.5 Å². The van der Waals surface area contributed by atoms with Crippen LogP contribution in [-0.2, 0) is 19.9 Å². The first-order valence-corrected chi connectivity index (χ1v) is 22.9. The Balaban J connectivity index is 1.10. The van der Waals surface area contributed by atoms with Crippen molar-refractivity contribution < 1.29 is 24.2 Å². The molecule has 1 heterocycles. The van der Waals surface area contributed by atoms with Crippen LogP contribution in [-0.4, -0.2) is 66.0 Å². The van der Waals surface area contributed by atoms with Gasteiger partial charge in [-0.1, -0.05) is 178 Å². The normalized spacial score (nSPS) is 18.3. The van der Waals surface area contributed by atoms with Crippen LogP contribution in [0.3, 0.4) is 0 Å². The highest BCUT2D eigenvalue weighted by molar-refractivity contribution is 6.31. The molecule has 3 aliphatic rings. The van der Waals surface area contributed by atoms with Crippen LogP contribution < -0.4 is 0 Å². The van der Waals surface area contributed by atoms with E-state index < -0.39 is 29.9 Å². The van der Waals surface area contributed by atoms with Crippen LogP contribution in [0.1, 0.15) is 122 Å². The van der Waals surface area contributed by atoms with Crippen molar-refractivity contribution in [2.45, 2.75) is 107 Å². The van der Waals surface area contributed by atoms with E-state index in [1.165, 1.54) is 61.8 Å². The summed E-state index contributed by atoms with van der Waals surface area (Å²) in [6.45, 7) is 1.44. The Morgan fingerprint density at radius 2 is 1.25 bits per heavy atom. The lowest BCUT2D eigenvalue weighted by Crippen LogP contribution is -2.55. The van der Waals surface area contributed by atoms with Gasteiger partial charge in [0.2, 0.25) is 0 Å². The van der Waals surface area contributed by atoms with Gasteiger partial charge in [0, 0.05) is 47.8 Å². The van der Waals surface area contributed by atoms with Crippen molar-refractivity contribution >= 4 is 23.7 Å². The third-order valence-electron chi connectivity index (χ3n) is 13.5. The van der Waals surface area contributed by atoms with E-state index in [1.807, 2.05) is 83.8 Å². The minimum absolute atomic E-state index is 0.120. The van der Waals surface area contributed by atoms with E-state index in [0.717, 1.165) is 52.6 Å². The number of hydrogen-bond acceptors (Lipinski definition) is 6. The third-order valence-corrected chi connectivity index (χ3v) is 13.8. The molecule has 0 aromatic heterocycles. The Labute approximate surface area is 366 Å². The molecule has 1 saturated carbocycles. The summed E-state index contributed by atoms with van der Waals surface area (Å²) in [6.07, 6.45) is 10.8. The zero-order chi connectivity index (χ0) is 42.2. The largest absolute Gasteiger partial charge is 0.448 e. The highest BCUT2D eigenvalue weighted by atomic mass is 35.5. The van der Waals surface area contributed by atoms with Gasteiger partial charge in [0.05, 0.1) is 12.5 Å². The number of nitrogens with zero attached hydrogens (tertiary/aromatic N) is 2. The molecule has 8 heteroatoms. The number of carbonyl (C=O) groups is 2. The molecule has 5 aromatic carbocycles. The van der Waals surface area contributed by atoms with Gasteiger partial charge in [0.25, 0.3) is 0 Å². The monoisotopic (exact) mass is 838 g/mol. The fourth-order valence-electron chi connectivity index (χ4n) is 10.1. The van der Waals surface area contributed by atoms with Gasteiger partial charge >= 0.3 is 12.1 Å². The average Bonchev–Trinajstić information content (AvgIpc) is 3.70. The summed E-state index contributed by atoms with van der Waals surface area (Å²) in [5, 5.41) is 12.6. The minimum atomic E-state index is -1.43. The van der Waals surface area contributed by atoms with Crippen molar-refractivity contribution in [3.8, 4) is 11.1 Å². The fourth-order valence-corrected chi connectivity index (χ4v) is 10.4. The summed E-state index contributed by atoms with van der Waals surface area (Å²) < 4.78 is 13.0. The molecule has 0 bridgehead atoms. The predicted molar refractivity (Wildman–Crippen MR) is 243 cm³/mol. The Morgan fingerprint density at radius 3 is 1.89 bits per heavy atom. The van der Waals surface area contributed by atoms with Crippen LogP contribution >= 0.6 is 11.6 Å². The number of likely N-dealkylation sites (N-methyl/N-ethyl adjacent to an activating group) is 1.